The van der Waals surface area contributed by atoms with Crippen LogP contribution in [-0.2, 0) is 10.3 Å². The van der Waals surface area contributed by atoms with Crippen molar-refractivity contribution >= 4 is 45.1 Å². The van der Waals surface area contributed by atoms with Crippen LogP contribution in [0.15, 0.2) is 72.8 Å². The van der Waals surface area contributed by atoms with Crippen LogP contribution in [0.1, 0.15) is 48.8 Å². The molecule has 5 aromatic rings. The van der Waals surface area contributed by atoms with Gasteiger partial charge in [0, 0.05) is 93.2 Å². The highest BCUT2D eigenvalue weighted by Gasteiger charge is 2.46. The first-order valence-corrected chi connectivity index (χ1v) is 16.2. The summed E-state index contributed by atoms with van der Waals surface area (Å²) < 4.78 is 19.7. The van der Waals surface area contributed by atoms with Gasteiger partial charge in [0.2, 0.25) is 0 Å². The second kappa shape index (κ2) is 13.4. The van der Waals surface area contributed by atoms with E-state index in [2.05, 4.69) is 16.4 Å². The van der Waals surface area contributed by atoms with E-state index in [-0.39, 0.29) is 5.91 Å². The molecular weight excluding hydrogens is 627 g/mol. The van der Waals surface area contributed by atoms with Crippen molar-refractivity contribution in [2.24, 2.45) is 0 Å². The first-order valence-electron chi connectivity index (χ1n) is 15.4. The number of fused-ring (bicyclic) bond motifs is 3. The van der Waals surface area contributed by atoms with Gasteiger partial charge in [-0.25, -0.2) is 4.98 Å². The third-order valence-corrected chi connectivity index (χ3v) is 9.32. The second-order valence-corrected chi connectivity index (χ2v) is 12.8. The summed E-state index contributed by atoms with van der Waals surface area (Å²) in [6.45, 7) is 0.760. The summed E-state index contributed by atoms with van der Waals surface area (Å²) in [6.07, 6.45) is 1.36. The van der Waals surface area contributed by atoms with Crippen LogP contribution in [0, 0.1) is 11.3 Å². The number of nitrogens with zero attached hydrogens (tertiary/aromatic N) is 4. The van der Waals surface area contributed by atoms with E-state index < -0.39 is 5.60 Å². The van der Waals surface area contributed by atoms with Gasteiger partial charge in [-0.3, -0.25) is 9.59 Å². The number of methoxy groups -OCH3 is 1. The summed E-state index contributed by atoms with van der Waals surface area (Å²) in [5, 5.41) is 12.5. The Kier molecular flexibility index (Phi) is 9.04. The van der Waals surface area contributed by atoms with Crippen molar-refractivity contribution < 1.29 is 23.8 Å². The largest absolute Gasteiger partial charge is 0.493 e. The van der Waals surface area contributed by atoms with Crippen LogP contribution in [-0.4, -0.2) is 65.6 Å². The third kappa shape index (κ3) is 5.92. The molecule has 10 nitrogen and oxygen atoms in total. The van der Waals surface area contributed by atoms with Crippen LogP contribution in [0.5, 0.6) is 17.2 Å². The van der Waals surface area contributed by atoms with Gasteiger partial charge in [0.15, 0.2) is 10.6 Å². The minimum Gasteiger partial charge on any atom is -0.493 e. The average Bonchev–Trinajstić information content (AvgIpc) is 3.52. The van der Waals surface area contributed by atoms with Gasteiger partial charge in [0.25, 0.3) is 5.91 Å². The molecule has 0 saturated heterocycles. The molecule has 1 N–H and O–H groups in total. The summed E-state index contributed by atoms with van der Waals surface area (Å²) in [7, 11) is 9.43. The number of hydrogen-bond acceptors (Lipinski definition) is 10. The summed E-state index contributed by atoms with van der Waals surface area (Å²) >= 11 is 1.32. The monoisotopic (exact) mass is 661 g/mol. The topological polar surface area (TPSA) is 117 Å². The molecule has 11 heteroatoms. The molecule has 0 atom stereocenters. The summed E-state index contributed by atoms with van der Waals surface area (Å²) in [5.41, 5.74) is 4.16. The van der Waals surface area contributed by atoms with E-state index in [9.17, 15) is 9.59 Å². The minimum atomic E-state index is -1.24. The van der Waals surface area contributed by atoms with Crippen LogP contribution >= 0.6 is 11.3 Å². The van der Waals surface area contributed by atoms with Gasteiger partial charge in [-0.05, 0) is 61.0 Å². The molecule has 6 rings (SSSR count). The quantitative estimate of drug-likeness (QED) is 0.128. The lowest BCUT2D eigenvalue weighted by Crippen LogP contribution is -2.36. The van der Waals surface area contributed by atoms with Crippen LogP contribution in [0.2, 0.25) is 0 Å². The number of amides is 1. The summed E-state index contributed by atoms with van der Waals surface area (Å²) in [6, 6.07) is 24.4. The zero-order chi connectivity index (χ0) is 34.0. The molecule has 4 aromatic carbocycles. The number of thiazole rings is 1. The summed E-state index contributed by atoms with van der Waals surface area (Å²) in [4.78, 5) is 34.2. The number of nitriles is 1. The van der Waals surface area contributed by atoms with E-state index >= 15 is 0 Å². The normalized spacial score (nSPS) is 12.7. The van der Waals surface area contributed by atoms with Crippen LogP contribution in [0.3, 0.4) is 0 Å². The zero-order valence-electron chi connectivity index (χ0n) is 27.4. The Bertz CT molecular complexity index is 2010. The molecule has 0 unspecified atom stereocenters. The summed E-state index contributed by atoms with van der Waals surface area (Å²) in [5.74, 6) is 1.58. The minimum absolute atomic E-state index is 0.284. The van der Waals surface area contributed by atoms with E-state index in [0.717, 1.165) is 39.0 Å². The predicted octanol–water partition coefficient (Wildman–Crippen LogP) is 6.36. The van der Waals surface area contributed by atoms with Crippen LogP contribution in [0.4, 0.5) is 11.4 Å². The van der Waals surface area contributed by atoms with Crippen molar-refractivity contribution in [3.63, 3.8) is 0 Å². The van der Waals surface area contributed by atoms with Gasteiger partial charge >= 0.3 is 0 Å². The Morgan fingerprint density at radius 3 is 2.25 bits per heavy atom. The van der Waals surface area contributed by atoms with Crippen molar-refractivity contribution in [3.8, 4) is 23.3 Å². The first-order chi connectivity index (χ1) is 23.2. The van der Waals surface area contributed by atoms with Crippen molar-refractivity contribution in [3.05, 3.63) is 106 Å². The molecule has 0 spiro atoms. The third-order valence-electron chi connectivity index (χ3n) is 8.40. The van der Waals surface area contributed by atoms with Crippen molar-refractivity contribution in [1.82, 2.24) is 10.3 Å². The Hall–Kier alpha value is -5.44. The number of rotatable bonds is 11. The lowest BCUT2D eigenvalue weighted by Gasteiger charge is -2.41. The van der Waals surface area contributed by atoms with E-state index in [1.54, 1.807) is 25.3 Å². The first kappa shape index (κ1) is 32.5. The zero-order valence-corrected chi connectivity index (χ0v) is 28.2. The number of ether oxygens (including phenoxy) is 3. The highest BCUT2D eigenvalue weighted by Crippen LogP contribution is 2.54. The molecule has 244 valence electrons. The molecule has 48 heavy (non-hydrogen) atoms. The maximum atomic E-state index is 13.5. The molecule has 0 radical (unpaired) electrons. The molecule has 1 aromatic heterocycles. The Morgan fingerprint density at radius 2 is 1.65 bits per heavy atom. The Labute approximate surface area is 283 Å². The lowest BCUT2D eigenvalue weighted by molar-refractivity contribution is 0.0491. The second-order valence-electron chi connectivity index (χ2n) is 11.8. The van der Waals surface area contributed by atoms with Crippen molar-refractivity contribution in [2.45, 2.75) is 12.0 Å². The number of carbonyl (C=O) groups excluding carboxylic acids is 2. The van der Waals surface area contributed by atoms with Gasteiger partial charge in [-0.1, -0.05) is 6.07 Å². The van der Waals surface area contributed by atoms with Gasteiger partial charge in [0.1, 0.15) is 29.6 Å². The molecule has 0 fully saturated rings. The number of aromatic nitrogens is 1. The van der Waals surface area contributed by atoms with E-state index in [0.29, 0.717) is 58.5 Å². The van der Waals surface area contributed by atoms with E-state index in [4.69, 9.17) is 19.5 Å². The molecule has 1 aliphatic rings. The molecule has 1 aliphatic heterocycles. The average molecular weight is 662 g/mol. The highest BCUT2D eigenvalue weighted by molar-refractivity contribution is 7.19. The Balaban J connectivity index is 1.27. The fourth-order valence-electron chi connectivity index (χ4n) is 5.93. The number of nitrogens with one attached hydrogen (secondary N) is 1. The standard InChI is InChI=1S/C37H35N5O5S/c1-41(2)25-9-12-28-32(18-25)47-33-19-26(42(3)4)10-13-29(33)37(28,45-5)30-17-23(7-8-24(30)22-43)36(44)39-15-6-16-46-27-11-14-31-34(20-27)48-35(21-38)40-31/h7-14,17-20,22H,6,15-16H2,1-5H3,(H,39,44). The van der Waals surface area contributed by atoms with Crippen LogP contribution in [0.25, 0.3) is 10.2 Å². The fourth-order valence-corrected chi connectivity index (χ4v) is 6.72. The SMILES string of the molecule is COC1(c2cc(C(=O)NCCCOc3ccc4nc(C#N)sc4c3)ccc2C=O)c2ccc(N(C)C)cc2Oc2cc(N(C)C)ccc21. The molecule has 2 heterocycles. The number of anilines is 2. The molecule has 0 saturated carbocycles. The smallest absolute Gasteiger partial charge is 0.251 e. The van der Waals surface area contributed by atoms with Gasteiger partial charge < -0.3 is 29.3 Å². The van der Waals surface area contributed by atoms with Crippen LogP contribution < -0.4 is 24.6 Å². The maximum Gasteiger partial charge on any atom is 0.251 e. The van der Waals surface area contributed by atoms with Gasteiger partial charge in [0.05, 0.1) is 16.8 Å². The number of hydrogen-bond donors (Lipinski definition) is 1. The molecule has 0 bridgehead atoms. The van der Waals surface area contributed by atoms with E-state index in [1.165, 1.54) is 11.3 Å². The van der Waals surface area contributed by atoms with Crippen molar-refractivity contribution in [2.75, 3.05) is 58.3 Å². The number of carbonyl (C=O) groups is 2. The molecular formula is C37H35N5O5S. The Morgan fingerprint density at radius 1 is 0.958 bits per heavy atom. The van der Waals surface area contributed by atoms with Gasteiger partial charge in [-0.15, -0.1) is 11.3 Å². The van der Waals surface area contributed by atoms with Crippen molar-refractivity contribution in [1.29, 1.82) is 5.26 Å². The fraction of sp³-hybridized carbons (Fsp3) is 0.243. The predicted molar refractivity (Wildman–Crippen MR) is 187 cm³/mol. The molecule has 1 amide bonds. The highest BCUT2D eigenvalue weighted by atomic mass is 32.1. The molecule has 0 aliphatic carbocycles. The number of benzene rings is 4. The van der Waals surface area contributed by atoms with Gasteiger partial charge in [-0.2, -0.15) is 5.26 Å². The number of aldehydes is 1. The maximum absolute atomic E-state index is 13.5. The lowest BCUT2D eigenvalue weighted by atomic mass is 9.75. The van der Waals surface area contributed by atoms with E-state index in [1.807, 2.05) is 92.6 Å².